The van der Waals surface area contributed by atoms with Crippen LogP contribution in [0.5, 0.6) is 0 Å². The lowest BCUT2D eigenvalue weighted by atomic mass is 9.88. The van der Waals surface area contributed by atoms with E-state index in [9.17, 15) is 13.2 Å². The number of halogens is 1. The highest BCUT2D eigenvalue weighted by molar-refractivity contribution is 7.88. The molecule has 0 radical (unpaired) electrons. The number of fused-ring (bicyclic) bond motifs is 3. The number of aromatic nitrogens is 2. The topological polar surface area (TPSA) is 134 Å². The SMILES string of the molecule is CS(=O)(=O)N1CCN(c2ccc(Nc3nc(N[C@H]4C5C=CC(C5)[C@@H]4C(N)=O)c4sccc4n3)cc2F)CC1. The molecule has 6 rings (SSSR count). The number of allylic oxidation sites excluding steroid dienone is 1. The Hall–Kier alpha value is -3.29. The highest BCUT2D eigenvalue weighted by atomic mass is 32.2. The summed E-state index contributed by atoms with van der Waals surface area (Å²) in [6, 6.07) is 6.56. The Balaban J connectivity index is 1.21. The fraction of sp³-hybridized carbons (Fsp3) is 0.400. The fourth-order valence-corrected chi connectivity index (χ4v) is 7.42. The number of sulfonamides is 1. The van der Waals surface area contributed by atoms with Gasteiger partial charge in [0.1, 0.15) is 11.6 Å². The number of nitrogens with zero attached hydrogens (tertiary/aromatic N) is 4. The minimum Gasteiger partial charge on any atom is -0.369 e. The van der Waals surface area contributed by atoms with Crippen LogP contribution >= 0.6 is 11.3 Å². The molecule has 1 aliphatic heterocycles. The van der Waals surface area contributed by atoms with Gasteiger partial charge in [-0.1, -0.05) is 12.2 Å². The number of hydrogen-bond donors (Lipinski definition) is 3. The molecule has 2 unspecified atom stereocenters. The van der Waals surface area contributed by atoms with Crippen LogP contribution in [-0.4, -0.2) is 67.1 Å². The van der Waals surface area contributed by atoms with Crippen molar-refractivity contribution >= 4 is 60.6 Å². The van der Waals surface area contributed by atoms with Gasteiger partial charge < -0.3 is 21.3 Å². The second-order valence-corrected chi connectivity index (χ2v) is 12.9. The smallest absolute Gasteiger partial charge is 0.229 e. The van der Waals surface area contributed by atoms with E-state index in [0.29, 0.717) is 49.3 Å². The molecule has 38 heavy (non-hydrogen) atoms. The summed E-state index contributed by atoms with van der Waals surface area (Å²) >= 11 is 1.51. The van der Waals surface area contributed by atoms with Crippen LogP contribution in [0.15, 0.2) is 41.8 Å². The van der Waals surface area contributed by atoms with Crippen molar-refractivity contribution in [1.82, 2.24) is 14.3 Å². The number of piperazine rings is 1. The van der Waals surface area contributed by atoms with E-state index in [1.807, 2.05) is 16.3 Å². The summed E-state index contributed by atoms with van der Waals surface area (Å²) in [4.78, 5) is 23.3. The molecular formula is C25H28FN7O3S2. The summed E-state index contributed by atoms with van der Waals surface area (Å²) in [5.74, 6) is 0.238. The molecule has 200 valence electrons. The van der Waals surface area contributed by atoms with Gasteiger partial charge in [-0.3, -0.25) is 4.79 Å². The molecule has 13 heteroatoms. The van der Waals surface area contributed by atoms with Gasteiger partial charge >= 0.3 is 0 Å². The summed E-state index contributed by atoms with van der Waals surface area (Å²) in [6.07, 6.45) is 6.30. The number of anilines is 4. The van der Waals surface area contributed by atoms with Crippen molar-refractivity contribution in [3.05, 3.63) is 47.6 Å². The summed E-state index contributed by atoms with van der Waals surface area (Å²) < 4.78 is 40.9. The number of hydrogen-bond acceptors (Lipinski definition) is 9. The first kappa shape index (κ1) is 25.0. The van der Waals surface area contributed by atoms with Gasteiger partial charge in [-0.15, -0.1) is 11.3 Å². The van der Waals surface area contributed by atoms with Crippen LogP contribution in [0.25, 0.3) is 10.2 Å². The zero-order chi connectivity index (χ0) is 26.6. The Morgan fingerprint density at radius 2 is 1.89 bits per heavy atom. The zero-order valence-corrected chi connectivity index (χ0v) is 22.3. The zero-order valence-electron chi connectivity index (χ0n) is 20.7. The standard InChI is InChI=1S/C25H28FN7O3S2/c1-38(35,36)33-9-7-32(8-10-33)19-5-4-16(13-17(19)26)28-25-29-18-6-11-37-22(18)24(31-25)30-21-15-3-2-14(12-15)20(21)23(27)34/h2-6,11,13-15,20-21H,7-10,12H2,1H3,(H2,27,34)(H2,28,29,30,31)/t14?,15?,20-,21-/m0/s1. The first-order valence-corrected chi connectivity index (χ1v) is 15.2. The fourth-order valence-electron chi connectivity index (χ4n) is 5.81. The molecule has 3 aromatic rings. The van der Waals surface area contributed by atoms with E-state index < -0.39 is 15.8 Å². The molecule has 1 saturated carbocycles. The van der Waals surface area contributed by atoms with Crippen molar-refractivity contribution in [3.63, 3.8) is 0 Å². The maximum absolute atomic E-state index is 15.1. The quantitative estimate of drug-likeness (QED) is 0.378. The molecule has 1 saturated heterocycles. The molecule has 2 aromatic heterocycles. The van der Waals surface area contributed by atoms with E-state index in [2.05, 4.69) is 32.8 Å². The third-order valence-corrected chi connectivity index (χ3v) is 9.86. The number of carbonyl (C=O) groups is 1. The van der Waals surface area contributed by atoms with Gasteiger partial charge in [0.15, 0.2) is 0 Å². The molecule has 3 heterocycles. The Morgan fingerprint density at radius 3 is 2.61 bits per heavy atom. The number of nitrogens with two attached hydrogens (primary N) is 1. The predicted molar refractivity (Wildman–Crippen MR) is 147 cm³/mol. The van der Waals surface area contributed by atoms with Crippen molar-refractivity contribution in [1.29, 1.82) is 0 Å². The normalized spacial score (nSPS) is 25.3. The average molecular weight is 558 g/mol. The van der Waals surface area contributed by atoms with Crippen molar-refractivity contribution in [2.45, 2.75) is 12.5 Å². The van der Waals surface area contributed by atoms with Gasteiger partial charge in [0, 0.05) is 37.9 Å². The Bertz CT molecular complexity index is 1530. The number of nitrogens with one attached hydrogen (secondary N) is 2. The molecule has 2 aliphatic carbocycles. The molecule has 2 fully saturated rings. The lowest BCUT2D eigenvalue weighted by Crippen LogP contribution is -2.48. The first-order valence-electron chi connectivity index (χ1n) is 12.4. The lowest BCUT2D eigenvalue weighted by Gasteiger charge is -2.34. The van der Waals surface area contributed by atoms with Gasteiger partial charge in [-0.05, 0) is 47.9 Å². The average Bonchev–Trinajstić information content (AvgIpc) is 3.60. The largest absolute Gasteiger partial charge is 0.369 e. The van der Waals surface area contributed by atoms with Gasteiger partial charge in [0.05, 0.1) is 28.1 Å². The monoisotopic (exact) mass is 557 g/mol. The van der Waals surface area contributed by atoms with E-state index in [0.717, 1.165) is 16.6 Å². The molecule has 4 atom stereocenters. The van der Waals surface area contributed by atoms with Crippen molar-refractivity contribution in [2.24, 2.45) is 23.5 Å². The number of carbonyl (C=O) groups excluding carboxylic acids is 1. The van der Waals surface area contributed by atoms with Crippen molar-refractivity contribution in [2.75, 3.05) is 48.0 Å². The lowest BCUT2D eigenvalue weighted by molar-refractivity contribution is -0.122. The maximum Gasteiger partial charge on any atom is 0.229 e. The van der Waals surface area contributed by atoms with Gasteiger partial charge in [0.2, 0.25) is 21.9 Å². The second kappa shape index (κ2) is 9.47. The predicted octanol–water partition coefficient (Wildman–Crippen LogP) is 2.74. The minimum absolute atomic E-state index is 0.143. The number of rotatable bonds is 7. The van der Waals surface area contributed by atoms with Crippen LogP contribution in [-0.2, 0) is 14.8 Å². The van der Waals surface area contributed by atoms with Gasteiger partial charge in [0.25, 0.3) is 0 Å². The third-order valence-electron chi connectivity index (χ3n) is 7.65. The van der Waals surface area contributed by atoms with E-state index in [4.69, 9.17) is 5.73 Å². The van der Waals surface area contributed by atoms with Crippen LogP contribution in [0.2, 0.25) is 0 Å². The molecule has 1 amide bonds. The third kappa shape index (κ3) is 4.58. The summed E-state index contributed by atoms with van der Waals surface area (Å²) in [5.41, 5.74) is 7.38. The van der Waals surface area contributed by atoms with Crippen LogP contribution in [0.1, 0.15) is 6.42 Å². The second-order valence-electron chi connectivity index (χ2n) is 10.0. The van der Waals surface area contributed by atoms with E-state index >= 15 is 4.39 Å². The Labute approximate surface area is 223 Å². The Kier molecular flexibility index (Phi) is 6.23. The number of thiophene rings is 1. The van der Waals surface area contributed by atoms with E-state index in [-0.39, 0.29) is 29.7 Å². The van der Waals surface area contributed by atoms with Gasteiger partial charge in [-0.2, -0.15) is 9.29 Å². The van der Waals surface area contributed by atoms with Crippen LogP contribution in [0, 0.1) is 23.6 Å². The highest BCUT2D eigenvalue weighted by Crippen LogP contribution is 2.45. The molecule has 1 aromatic carbocycles. The van der Waals surface area contributed by atoms with E-state index in [1.165, 1.54) is 28.0 Å². The number of amides is 1. The summed E-state index contributed by atoms with van der Waals surface area (Å²) in [6.45, 7) is 1.46. The van der Waals surface area contributed by atoms with E-state index in [1.54, 1.807) is 12.1 Å². The van der Waals surface area contributed by atoms with Crippen LogP contribution < -0.4 is 21.3 Å². The number of primary amides is 1. The molecular weight excluding hydrogens is 529 g/mol. The Morgan fingerprint density at radius 1 is 1.13 bits per heavy atom. The molecule has 4 N–H and O–H groups in total. The molecule has 2 bridgehead atoms. The first-order chi connectivity index (χ1) is 18.2. The van der Waals surface area contributed by atoms with Gasteiger partial charge in [-0.25, -0.2) is 17.8 Å². The number of benzene rings is 1. The van der Waals surface area contributed by atoms with Crippen molar-refractivity contribution in [3.8, 4) is 0 Å². The highest BCUT2D eigenvalue weighted by Gasteiger charge is 2.47. The summed E-state index contributed by atoms with van der Waals surface area (Å²) in [5, 5.41) is 8.51. The molecule has 0 spiro atoms. The minimum atomic E-state index is -3.26. The maximum atomic E-state index is 15.1. The van der Waals surface area contributed by atoms with Crippen molar-refractivity contribution < 1.29 is 17.6 Å². The molecule has 3 aliphatic rings. The summed E-state index contributed by atoms with van der Waals surface area (Å²) in [7, 11) is -3.26. The molecule has 10 nitrogen and oxygen atoms in total. The van der Waals surface area contributed by atoms with Crippen LogP contribution in [0.4, 0.5) is 27.5 Å². The van der Waals surface area contributed by atoms with Crippen LogP contribution in [0.3, 0.4) is 0 Å².